The maximum absolute atomic E-state index is 12.4. The Bertz CT molecular complexity index is 902. The van der Waals surface area contributed by atoms with Gasteiger partial charge in [0.25, 0.3) is 11.5 Å². The van der Waals surface area contributed by atoms with Crippen LogP contribution in [0.5, 0.6) is 11.5 Å². The highest BCUT2D eigenvalue weighted by Crippen LogP contribution is 2.36. The van der Waals surface area contributed by atoms with Gasteiger partial charge in [0.05, 0.1) is 5.69 Å². The fourth-order valence-electron chi connectivity index (χ4n) is 3.17. The van der Waals surface area contributed by atoms with Crippen molar-refractivity contribution in [3.05, 3.63) is 45.9 Å². The van der Waals surface area contributed by atoms with Crippen molar-refractivity contribution in [1.29, 1.82) is 0 Å². The molecule has 2 heterocycles. The van der Waals surface area contributed by atoms with Crippen LogP contribution < -0.4 is 25.2 Å². The van der Waals surface area contributed by atoms with E-state index >= 15 is 0 Å². The Morgan fingerprint density at radius 3 is 2.77 bits per heavy atom. The Balaban J connectivity index is 1.38. The molecule has 1 amide bonds. The number of hydrogen-bond donors (Lipinski definition) is 2. The van der Waals surface area contributed by atoms with Crippen molar-refractivity contribution in [1.82, 2.24) is 15.3 Å². The lowest BCUT2D eigenvalue weighted by Crippen LogP contribution is -2.43. The summed E-state index contributed by atoms with van der Waals surface area (Å²) in [5, 5.41) is 3.02. The van der Waals surface area contributed by atoms with Crippen molar-refractivity contribution >= 4 is 11.9 Å². The summed E-state index contributed by atoms with van der Waals surface area (Å²) in [6.45, 7) is 0.183. The number of benzene rings is 1. The minimum absolute atomic E-state index is 0.0711. The molecular weight excluding hydrogens is 336 g/mol. The van der Waals surface area contributed by atoms with Crippen molar-refractivity contribution in [2.75, 3.05) is 25.8 Å². The Morgan fingerprint density at radius 1 is 1.23 bits per heavy atom. The normalized spacial score (nSPS) is 20.4. The van der Waals surface area contributed by atoms with Gasteiger partial charge in [0.2, 0.25) is 12.7 Å². The molecular formula is C18H20N4O4. The third-order valence-electron chi connectivity index (χ3n) is 4.70. The summed E-state index contributed by atoms with van der Waals surface area (Å²) in [5.41, 5.74) is 1.15. The van der Waals surface area contributed by atoms with Gasteiger partial charge in [-0.05, 0) is 31.0 Å². The van der Waals surface area contributed by atoms with Gasteiger partial charge in [-0.3, -0.25) is 14.6 Å². The average molecular weight is 356 g/mol. The number of ether oxygens (including phenoxy) is 2. The number of fused-ring (bicyclic) bond motifs is 1. The lowest BCUT2D eigenvalue weighted by atomic mass is 9.78. The van der Waals surface area contributed by atoms with E-state index in [2.05, 4.69) is 15.3 Å². The zero-order valence-electron chi connectivity index (χ0n) is 14.6. The number of aromatic nitrogens is 2. The van der Waals surface area contributed by atoms with Crippen LogP contribution in [0.15, 0.2) is 29.1 Å². The van der Waals surface area contributed by atoms with Gasteiger partial charge < -0.3 is 19.7 Å². The van der Waals surface area contributed by atoms with Crippen LogP contribution in [0, 0.1) is 0 Å². The first-order valence-electron chi connectivity index (χ1n) is 8.48. The summed E-state index contributed by atoms with van der Waals surface area (Å²) in [6.07, 6.45) is 1.53. The summed E-state index contributed by atoms with van der Waals surface area (Å²) < 4.78 is 10.6. The summed E-state index contributed by atoms with van der Waals surface area (Å²) in [6, 6.07) is 6.76. The number of rotatable bonds is 4. The monoisotopic (exact) mass is 356 g/mol. The van der Waals surface area contributed by atoms with Crippen LogP contribution in [0.2, 0.25) is 0 Å². The summed E-state index contributed by atoms with van der Waals surface area (Å²) in [4.78, 5) is 33.1. The topological polar surface area (TPSA) is 96.6 Å². The van der Waals surface area contributed by atoms with Gasteiger partial charge in [0, 0.05) is 37.7 Å². The first-order valence-corrected chi connectivity index (χ1v) is 8.48. The molecule has 2 aliphatic rings. The molecule has 136 valence electrons. The molecule has 26 heavy (non-hydrogen) atoms. The summed E-state index contributed by atoms with van der Waals surface area (Å²) >= 11 is 0. The van der Waals surface area contributed by atoms with Crippen molar-refractivity contribution in [3.63, 3.8) is 0 Å². The number of carbonyl (C=O) groups excluding carboxylic acids is 1. The first kappa shape index (κ1) is 16.4. The Morgan fingerprint density at radius 2 is 2.00 bits per heavy atom. The number of carbonyl (C=O) groups is 1. The van der Waals surface area contributed by atoms with E-state index < -0.39 is 0 Å². The molecule has 0 radical (unpaired) electrons. The Hall–Kier alpha value is -3.03. The van der Waals surface area contributed by atoms with Gasteiger partial charge in [-0.15, -0.1) is 0 Å². The number of amides is 1. The molecule has 1 aromatic carbocycles. The van der Waals surface area contributed by atoms with E-state index in [0.717, 1.165) is 18.5 Å². The van der Waals surface area contributed by atoms with Gasteiger partial charge in [0.1, 0.15) is 0 Å². The van der Waals surface area contributed by atoms with Gasteiger partial charge >= 0.3 is 0 Å². The highest BCUT2D eigenvalue weighted by atomic mass is 16.7. The molecule has 2 N–H and O–H groups in total. The third-order valence-corrected chi connectivity index (χ3v) is 4.70. The number of nitrogens with one attached hydrogen (secondary N) is 2. The number of H-pyrrole nitrogens is 1. The molecule has 8 nitrogen and oxygen atoms in total. The minimum atomic E-state index is -0.161. The molecule has 1 aliphatic heterocycles. The maximum Gasteiger partial charge on any atom is 0.252 e. The summed E-state index contributed by atoms with van der Waals surface area (Å²) in [5.74, 6) is 1.83. The molecule has 0 bridgehead atoms. The first-order chi connectivity index (χ1) is 12.5. The van der Waals surface area contributed by atoms with Crippen LogP contribution in [-0.2, 0) is 0 Å². The van der Waals surface area contributed by atoms with Gasteiger partial charge in [-0.1, -0.05) is 0 Å². The SMILES string of the molecule is CN(C)c1nc(C2CC(NC(=O)c3ccc4c(c3)OCO4)C2)cc(=O)[nH]1. The Kier molecular flexibility index (Phi) is 4.02. The molecule has 0 unspecified atom stereocenters. The van der Waals surface area contributed by atoms with E-state index in [0.29, 0.717) is 23.0 Å². The van der Waals surface area contributed by atoms with Crippen LogP contribution in [0.25, 0.3) is 0 Å². The second-order valence-corrected chi connectivity index (χ2v) is 6.80. The fraction of sp³-hybridized carbons (Fsp3) is 0.389. The molecule has 2 aromatic rings. The van der Waals surface area contributed by atoms with E-state index in [1.165, 1.54) is 6.07 Å². The van der Waals surface area contributed by atoms with E-state index in [9.17, 15) is 9.59 Å². The smallest absolute Gasteiger partial charge is 0.252 e. The average Bonchev–Trinajstić information content (AvgIpc) is 3.04. The zero-order valence-corrected chi connectivity index (χ0v) is 14.6. The molecule has 0 spiro atoms. The maximum atomic E-state index is 12.4. The molecule has 0 atom stereocenters. The van der Waals surface area contributed by atoms with Gasteiger partial charge in [-0.25, -0.2) is 4.98 Å². The number of aromatic amines is 1. The number of nitrogens with zero attached hydrogens (tertiary/aromatic N) is 2. The van der Waals surface area contributed by atoms with E-state index in [-0.39, 0.29) is 30.2 Å². The molecule has 0 saturated heterocycles. The minimum Gasteiger partial charge on any atom is -0.454 e. The van der Waals surface area contributed by atoms with Crippen molar-refractivity contribution < 1.29 is 14.3 Å². The van der Waals surface area contributed by atoms with E-state index in [1.54, 1.807) is 23.1 Å². The van der Waals surface area contributed by atoms with Crippen LogP contribution in [0.3, 0.4) is 0 Å². The largest absolute Gasteiger partial charge is 0.454 e. The van der Waals surface area contributed by atoms with Crippen LogP contribution in [0.4, 0.5) is 5.95 Å². The van der Waals surface area contributed by atoms with Gasteiger partial charge in [-0.2, -0.15) is 0 Å². The lowest BCUT2D eigenvalue weighted by molar-refractivity contribution is 0.0907. The fourth-order valence-corrected chi connectivity index (χ4v) is 3.17. The molecule has 4 rings (SSSR count). The molecule has 8 heteroatoms. The van der Waals surface area contributed by atoms with Crippen LogP contribution >= 0.6 is 0 Å². The second kappa shape index (κ2) is 6.36. The predicted molar refractivity (Wildman–Crippen MR) is 95.0 cm³/mol. The van der Waals surface area contributed by atoms with Crippen molar-refractivity contribution in [2.24, 2.45) is 0 Å². The lowest BCUT2D eigenvalue weighted by Gasteiger charge is -2.35. The summed E-state index contributed by atoms with van der Waals surface area (Å²) in [7, 11) is 3.66. The molecule has 1 fully saturated rings. The Labute approximate surface area is 150 Å². The highest BCUT2D eigenvalue weighted by Gasteiger charge is 2.33. The zero-order chi connectivity index (χ0) is 18.3. The third kappa shape index (κ3) is 3.10. The van der Waals surface area contributed by atoms with Crippen molar-refractivity contribution in [3.8, 4) is 11.5 Å². The van der Waals surface area contributed by atoms with E-state index in [4.69, 9.17) is 9.47 Å². The van der Waals surface area contributed by atoms with E-state index in [1.807, 2.05) is 14.1 Å². The van der Waals surface area contributed by atoms with Crippen LogP contribution in [0.1, 0.15) is 34.8 Å². The number of hydrogen-bond acceptors (Lipinski definition) is 6. The van der Waals surface area contributed by atoms with Gasteiger partial charge in [0.15, 0.2) is 11.5 Å². The standard InChI is InChI=1S/C18H20N4O4/c1-22(2)18-20-13(8-16(23)21-18)11-5-12(6-11)19-17(24)10-3-4-14-15(7-10)26-9-25-14/h3-4,7-8,11-12H,5-6,9H2,1-2H3,(H,19,24)(H,20,21,23). The highest BCUT2D eigenvalue weighted by molar-refractivity contribution is 5.95. The van der Waals surface area contributed by atoms with Crippen molar-refractivity contribution in [2.45, 2.75) is 24.8 Å². The quantitative estimate of drug-likeness (QED) is 0.856. The molecule has 1 aliphatic carbocycles. The predicted octanol–water partition coefficient (Wildman–Crippen LogP) is 1.24. The molecule has 1 saturated carbocycles. The number of anilines is 1. The molecule has 1 aromatic heterocycles. The second-order valence-electron chi connectivity index (χ2n) is 6.80. The van der Waals surface area contributed by atoms with Crippen LogP contribution in [-0.4, -0.2) is 42.8 Å².